The molecule has 0 aliphatic carbocycles. The number of fused-ring (bicyclic) bond motifs is 1. The van der Waals surface area contributed by atoms with Gasteiger partial charge < -0.3 is 9.88 Å². The SMILES string of the molecule is CCCn1c(CN2CCCCC2)nc2cc(NC(=O)c3ccc(Cl)cc3)ccc21. The van der Waals surface area contributed by atoms with Crippen LogP contribution in [-0.2, 0) is 13.1 Å². The highest BCUT2D eigenvalue weighted by Gasteiger charge is 2.17. The molecule has 0 unspecified atom stereocenters. The third-order valence-corrected chi connectivity index (χ3v) is 5.70. The Morgan fingerprint density at radius 3 is 2.59 bits per heavy atom. The number of carbonyl (C=O) groups excluding carboxylic acids is 1. The number of nitrogens with zero attached hydrogens (tertiary/aromatic N) is 3. The van der Waals surface area contributed by atoms with Crippen LogP contribution in [0, 0.1) is 0 Å². The van der Waals surface area contributed by atoms with Gasteiger partial charge in [0.1, 0.15) is 5.82 Å². The van der Waals surface area contributed by atoms with Crippen LogP contribution in [0.1, 0.15) is 48.8 Å². The van der Waals surface area contributed by atoms with Crippen molar-refractivity contribution in [2.24, 2.45) is 0 Å². The van der Waals surface area contributed by atoms with Crippen LogP contribution < -0.4 is 5.32 Å². The smallest absolute Gasteiger partial charge is 0.255 e. The number of benzene rings is 2. The number of aromatic nitrogens is 2. The maximum atomic E-state index is 12.5. The highest BCUT2D eigenvalue weighted by Crippen LogP contribution is 2.23. The van der Waals surface area contributed by atoms with Crippen LogP contribution in [0.25, 0.3) is 11.0 Å². The normalized spacial score (nSPS) is 15.0. The van der Waals surface area contributed by atoms with E-state index in [4.69, 9.17) is 16.6 Å². The van der Waals surface area contributed by atoms with Gasteiger partial charge in [-0.1, -0.05) is 24.9 Å². The first-order valence-electron chi connectivity index (χ1n) is 10.4. The van der Waals surface area contributed by atoms with Crippen molar-refractivity contribution in [3.05, 3.63) is 58.9 Å². The van der Waals surface area contributed by atoms with Crippen molar-refractivity contribution in [2.45, 2.75) is 45.7 Å². The third-order valence-electron chi connectivity index (χ3n) is 5.45. The minimum Gasteiger partial charge on any atom is -0.327 e. The fourth-order valence-corrected chi connectivity index (χ4v) is 4.10. The van der Waals surface area contributed by atoms with Crippen LogP contribution in [-0.4, -0.2) is 33.4 Å². The average Bonchev–Trinajstić information content (AvgIpc) is 3.06. The molecule has 29 heavy (non-hydrogen) atoms. The summed E-state index contributed by atoms with van der Waals surface area (Å²) >= 11 is 5.91. The average molecular weight is 411 g/mol. The van der Waals surface area contributed by atoms with Gasteiger partial charge in [-0.15, -0.1) is 0 Å². The van der Waals surface area contributed by atoms with Crippen molar-refractivity contribution < 1.29 is 4.79 Å². The first-order chi connectivity index (χ1) is 14.1. The zero-order valence-corrected chi connectivity index (χ0v) is 17.6. The molecular weight excluding hydrogens is 384 g/mol. The Morgan fingerprint density at radius 2 is 1.86 bits per heavy atom. The number of amides is 1. The molecule has 1 aliphatic heterocycles. The van der Waals surface area contributed by atoms with Gasteiger partial charge in [0.05, 0.1) is 17.6 Å². The zero-order chi connectivity index (χ0) is 20.2. The van der Waals surface area contributed by atoms with Gasteiger partial charge >= 0.3 is 0 Å². The van der Waals surface area contributed by atoms with Crippen molar-refractivity contribution in [2.75, 3.05) is 18.4 Å². The van der Waals surface area contributed by atoms with E-state index < -0.39 is 0 Å². The minimum atomic E-state index is -0.150. The molecule has 1 aliphatic rings. The molecule has 0 bridgehead atoms. The highest BCUT2D eigenvalue weighted by atomic mass is 35.5. The Hall–Kier alpha value is -2.37. The number of carbonyl (C=O) groups is 1. The lowest BCUT2D eigenvalue weighted by Gasteiger charge is -2.26. The summed E-state index contributed by atoms with van der Waals surface area (Å²) in [6.07, 6.45) is 4.94. The lowest BCUT2D eigenvalue weighted by atomic mass is 10.1. The van der Waals surface area contributed by atoms with Crippen LogP contribution in [0.4, 0.5) is 5.69 Å². The summed E-state index contributed by atoms with van der Waals surface area (Å²) in [5.41, 5.74) is 3.39. The molecule has 5 nitrogen and oxygen atoms in total. The molecular formula is C23H27ClN4O. The molecule has 1 fully saturated rings. The van der Waals surface area contributed by atoms with E-state index in [0.717, 1.165) is 55.1 Å². The Bertz CT molecular complexity index is 990. The summed E-state index contributed by atoms with van der Waals surface area (Å²) in [5.74, 6) is 0.965. The second-order valence-corrected chi connectivity index (χ2v) is 8.12. The maximum Gasteiger partial charge on any atom is 0.255 e. The van der Waals surface area contributed by atoms with Crippen LogP contribution in [0.15, 0.2) is 42.5 Å². The molecule has 4 rings (SSSR count). The lowest BCUT2D eigenvalue weighted by molar-refractivity contribution is 0.102. The van der Waals surface area contributed by atoms with Crippen LogP contribution in [0.3, 0.4) is 0 Å². The molecule has 1 amide bonds. The van der Waals surface area contributed by atoms with E-state index >= 15 is 0 Å². The Morgan fingerprint density at radius 1 is 1.10 bits per heavy atom. The van der Waals surface area contributed by atoms with Crippen molar-refractivity contribution in [1.29, 1.82) is 0 Å². The molecule has 3 aromatic rings. The number of hydrogen-bond donors (Lipinski definition) is 1. The fourth-order valence-electron chi connectivity index (χ4n) is 3.97. The van der Waals surface area contributed by atoms with Gasteiger partial charge in [-0.3, -0.25) is 9.69 Å². The van der Waals surface area contributed by atoms with Gasteiger partial charge in [-0.2, -0.15) is 0 Å². The largest absolute Gasteiger partial charge is 0.327 e. The molecule has 1 N–H and O–H groups in total. The summed E-state index contributed by atoms with van der Waals surface area (Å²) in [6, 6.07) is 12.9. The predicted molar refractivity (Wildman–Crippen MR) is 119 cm³/mol. The summed E-state index contributed by atoms with van der Waals surface area (Å²) in [7, 11) is 0. The Kier molecular flexibility index (Phi) is 6.16. The monoisotopic (exact) mass is 410 g/mol. The number of anilines is 1. The molecule has 0 atom stereocenters. The van der Waals surface area contributed by atoms with Crippen molar-refractivity contribution in [1.82, 2.24) is 14.5 Å². The van der Waals surface area contributed by atoms with Crippen molar-refractivity contribution >= 4 is 34.2 Å². The second kappa shape index (κ2) is 8.97. The quantitative estimate of drug-likeness (QED) is 0.596. The lowest BCUT2D eigenvalue weighted by Crippen LogP contribution is -2.30. The van der Waals surface area contributed by atoms with Gasteiger partial charge in [0.2, 0.25) is 0 Å². The summed E-state index contributed by atoms with van der Waals surface area (Å²) in [5, 5.41) is 3.59. The predicted octanol–water partition coefficient (Wildman–Crippen LogP) is 5.34. The third kappa shape index (κ3) is 4.62. The van der Waals surface area contributed by atoms with E-state index in [1.165, 1.54) is 19.3 Å². The number of likely N-dealkylation sites (tertiary alicyclic amines) is 1. The van der Waals surface area contributed by atoms with E-state index in [1.807, 2.05) is 12.1 Å². The van der Waals surface area contributed by atoms with Gasteiger partial charge in [-0.25, -0.2) is 4.98 Å². The number of rotatable bonds is 6. The summed E-state index contributed by atoms with van der Waals surface area (Å²) in [6.45, 7) is 6.34. The number of imidazole rings is 1. The van der Waals surface area contributed by atoms with Gasteiger partial charge in [-0.05, 0) is 74.8 Å². The molecule has 1 saturated heterocycles. The van der Waals surface area contributed by atoms with E-state index in [1.54, 1.807) is 24.3 Å². The van der Waals surface area contributed by atoms with Gasteiger partial charge in [0.25, 0.3) is 5.91 Å². The maximum absolute atomic E-state index is 12.5. The molecule has 0 radical (unpaired) electrons. The fraction of sp³-hybridized carbons (Fsp3) is 0.391. The number of hydrogen-bond acceptors (Lipinski definition) is 3. The molecule has 1 aromatic heterocycles. The van der Waals surface area contributed by atoms with E-state index in [-0.39, 0.29) is 5.91 Å². The summed E-state index contributed by atoms with van der Waals surface area (Å²) in [4.78, 5) is 19.9. The first-order valence-corrected chi connectivity index (χ1v) is 10.8. The van der Waals surface area contributed by atoms with Gasteiger partial charge in [0, 0.05) is 22.8 Å². The van der Waals surface area contributed by atoms with E-state index in [9.17, 15) is 4.79 Å². The van der Waals surface area contributed by atoms with Crippen LogP contribution in [0.2, 0.25) is 5.02 Å². The first kappa shape index (κ1) is 19.9. The van der Waals surface area contributed by atoms with Crippen LogP contribution in [0.5, 0.6) is 0 Å². The Labute approximate surface area is 176 Å². The molecule has 2 heterocycles. The molecule has 152 valence electrons. The summed E-state index contributed by atoms with van der Waals surface area (Å²) < 4.78 is 2.33. The number of aryl methyl sites for hydroxylation is 1. The van der Waals surface area contributed by atoms with Gasteiger partial charge in [0.15, 0.2) is 0 Å². The van der Waals surface area contributed by atoms with Crippen molar-refractivity contribution in [3.63, 3.8) is 0 Å². The van der Waals surface area contributed by atoms with E-state index in [2.05, 4.69) is 27.8 Å². The molecule has 6 heteroatoms. The molecule has 2 aromatic carbocycles. The number of halogens is 1. The molecule has 0 saturated carbocycles. The minimum absolute atomic E-state index is 0.150. The Balaban J connectivity index is 1.57. The molecule has 0 spiro atoms. The van der Waals surface area contributed by atoms with Crippen molar-refractivity contribution in [3.8, 4) is 0 Å². The highest BCUT2D eigenvalue weighted by molar-refractivity contribution is 6.30. The van der Waals surface area contributed by atoms with E-state index in [0.29, 0.717) is 10.6 Å². The van der Waals surface area contributed by atoms with Crippen LogP contribution >= 0.6 is 11.6 Å². The number of nitrogens with one attached hydrogen (secondary N) is 1. The zero-order valence-electron chi connectivity index (χ0n) is 16.8. The standard InChI is InChI=1S/C23H27ClN4O/c1-2-12-28-21-11-10-19(25-23(29)17-6-8-18(24)9-7-17)15-20(21)26-22(28)16-27-13-4-3-5-14-27/h6-11,15H,2-5,12-14,16H2,1H3,(H,25,29). The second-order valence-electron chi connectivity index (χ2n) is 7.68. The number of piperidine rings is 1. The topological polar surface area (TPSA) is 50.2 Å².